The van der Waals surface area contributed by atoms with E-state index in [1.54, 1.807) is 0 Å². The van der Waals surface area contributed by atoms with Gasteiger partial charge in [0, 0.05) is 14.1 Å². The van der Waals surface area contributed by atoms with Crippen molar-refractivity contribution < 1.29 is 4.39 Å². The normalized spacial score (nSPS) is 18.1. The molecule has 0 aliphatic carbocycles. The zero-order valence-electron chi connectivity index (χ0n) is 15.9. The maximum atomic E-state index is 2.39. The van der Waals surface area contributed by atoms with Crippen LogP contribution in [0.4, 0.5) is 0 Å². The summed E-state index contributed by atoms with van der Waals surface area (Å²) in [5.41, 5.74) is 7.18. The lowest BCUT2D eigenvalue weighted by Crippen LogP contribution is -2.75. The van der Waals surface area contributed by atoms with Gasteiger partial charge in [0.2, 0.25) is 0 Å². The van der Waals surface area contributed by atoms with E-state index in [1.165, 1.54) is 27.5 Å². The van der Waals surface area contributed by atoms with Gasteiger partial charge >= 0.3 is 0 Å². The van der Waals surface area contributed by atoms with Crippen LogP contribution in [-0.4, -0.2) is 31.3 Å². The molecule has 0 aromatic heterocycles. The first kappa shape index (κ1) is 16.9. The second-order valence-corrected chi connectivity index (χ2v) is 8.14. The van der Waals surface area contributed by atoms with Crippen molar-refractivity contribution in [2.45, 2.75) is 6.92 Å². The summed E-state index contributed by atoms with van der Waals surface area (Å²) in [5.74, 6) is 0. The largest absolute Gasteiger partial charge is 0.505 e. The molecule has 2 heteroatoms. The molecule has 0 N–H and O–H groups in total. The summed E-state index contributed by atoms with van der Waals surface area (Å²) in [7, 11) is 4.78. The van der Waals surface area contributed by atoms with Gasteiger partial charge in [0.1, 0.15) is 0 Å². The molecular weight excluding hydrogens is 313 g/mol. The third kappa shape index (κ3) is 2.37. The molecule has 0 saturated heterocycles. The average Bonchev–Trinajstić information content (AvgIpc) is 2.89. The first-order valence-corrected chi connectivity index (χ1v) is 9.42. The summed E-state index contributed by atoms with van der Waals surface area (Å²) in [6.45, 7) is 3.38. The number of rotatable bonds is 3. The topological polar surface area (TPSA) is 0 Å². The lowest BCUT2D eigenvalue weighted by atomic mass is 9.21. The van der Waals surface area contributed by atoms with Crippen LogP contribution in [0.3, 0.4) is 0 Å². The second-order valence-electron chi connectivity index (χ2n) is 8.14. The third-order valence-electron chi connectivity index (χ3n) is 6.22. The molecule has 1 heterocycles. The first-order valence-electron chi connectivity index (χ1n) is 9.42. The molecule has 3 aromatic carbocycles. The molecule has 0 bridgehead atoms. The number of benzene rings is 3. The first-order chi connectivity index (χ1) is 12.6. The Morgan fingerprint density at radius 2 is 1.08 bits per heavy atom. The number of hydrogen-bond donors (Lipinski definition) is 0. The molecule has 3 aromatic rings. The Kier molecular flexibility index (Phi) is 4.09. The van der Waals surface area contributed by atoms with E-state index in [0.29, 0.717) is 0 Å². The van der Waals surface area contributed by atoms with Crippen LogP contribution in [0.15, 0.2) is 96.6 Å². The van der Waals surface area contributed by atoms with E-state index in [4.69, 9.17) is 0 Å². The minimum Gasteiger partial charge on any atom is -0.505 e. The fraction of sp³-hybridized carbons (Fsp3) is 0.167. The summed E-state index contributed by atoms with van der Waals surface area (Å²) in [5, 5.41) is 0. The molecule has 130 valence electrons. The molecule has 0 fully saturated rings. The van der Waals surface area contributed by atoms with Crippen LogP contribution in [0.2, 0.25) is 0 Å². The van der Waals surface area contributed by atoms with Gasteiger partial charge in [-0.05, 0) is 6.92 Å². The highest BCUT2D eigenvalue weighted by molar-refractivity contribution is 7.10. The van der Waals surface area contributed by atoms with Crippen LogP contribution in [0, 0.1) is 0 Å². The van der Waals surface area contributed by atoms with E-state index < -0.39 is 6.28 Å². The Hall–Kier alpha value is -2.58. The van der Waals surface area contributed by atoms with Gasteiger partial charge in [-0.1, -0.05) is 102 Å². The SMILES string of the molecule is CC1=C(c2ccccc2)[B-](c2ccccc2)(c2ccccc2)[N+](C)(C)C1. The lowest BCUT2D eigenvalue weighted by Gasteiger charge is -2.53. The molecule has 0 atom stereocenters. The van der Waals surface area contributed by atoms with Gasteiger partial charge in [0.15, 0.2) is 0 Å². The number of likely N-dealkylation sites (N-methyl/N-ethyl adjacent to an activating group) is 1. The van der Waals surface area contributed by atoms with Crippen LogP contribution in [0.5, 0.6) is 0 Å². The average molecular weight is 339 g/mol. The standard InChI is InChI=1S/C24H26BN/c1-20-19-26(2,3)25(22-15-9-5-10-16-22,23-17-11-6-12-18-23)24(20)21-13-7-4-8-14-21/h4-18H,19H2,1-3H3. The van der Waals surface area contributed by atoms with Gasteiger partial charge in [-0.2, -0.15) is 0 Å². The van der Waals surface area contributed by atoms with Crippen LogP contribution < -0.4 is 10.9 Å². The molecule has 0 spiro atoms. The Morgan fingerprint density at radius 3 is 1.54 bits per heavy atom. The zero-order chi connectivity index (χ0) is 18.2. The van der Waals surface area contributed by atoms with E-state index in [2.05, 4.69) is 112 Å². The number of quaternary nitrogens is 1. The minimum atomic E-state index is -1.12. The van der Waals surface area contributed by atoms with Gasteiger partial charge < -0.3 is 4.39 Å². The quantitative estimate of drug-likeness (QED) is 0.636. The molecule has 26 heavy (non-hydrogen) atoms. The van der Waals surface area contributed by atoms with E-state index in [9.17, 15) is 0 Å². The van der Waals surface area contributed by atoms with Gasteiger partial charge in [-0.15, -0.1) is 16.4 Å². The molecule has 1 nitrogen and oxygen atoms in total. The highest BCUT2D eigenvalue weighted by Gasteiger charge is 2.52. The fourth-order valence-corrected chi connectivity index (χ4v) is 5.44. The van der Waals surface area contributed by atoms with Crippen LogP contribution in [0.25, 0.3) is 5.47 Å². The van der Waals surface area contributed by atoms with E-state index in [-0.39, 0.29) is 0 Å². The maximum absolute atomic E-state index is 2.39. The summed E-state index contributed by atoms with van der Waals surface area (Å²) in [4.78, 5) is 0. The minimum absolute atomic E-state index is 0.948. The lowest BCUT2D eigenvalue weighted by molar-refractivity contribution is -0.777. The van der Waals surface area contributed by atoms with Crippen molar-refractivity contribution in [2.24, 2.45) is 0 Å². The molecule has 0 unspecified atom stereocenters. The Bertz CT molecular complexity index is 888. The molecular formula is C24H26BN. The van der Waals surface area contributed by atoms with Gasteiger partial charge in [-0.3, -0.25) is 0 Å². The van der Waals surface area contributed by atoms with Crippen molar-refractivity contribution in [2.75, 3.05) is 20.6 Å². The van der Waals surface area contributed by atoms with Crippen LogP contribution in [-0.2, 0) is 0 Å². The molecule has 1 aliphatic rings. The second kappa shape index (κ2) is 6.30. The smallest absolute Gasteiger partial charge is 0.291 e. The van der Waals surface area contributed by atoms with Crippen LogP contribution >= 0.6 is 0 Å². The summed E-state index contributed by atoms with van der Waals surface area (Å²) >= 11 is 0. The molecule has 4 rings (SSSR count). The van der Waals surface area contributed by atoms with Crippen molar-refractivity contribution in [3.63, 3.8) is 0 Å². The Labute approximate surface area is 157 Å². The predicted octanol–water partition coefficient (Wildman–Crippen LogP) is 3.85. The van der Waals surface area contributed by atoms with Crippen molar-refractivity contribution >= 4 is 22.7 Å². The predicted molar refractivity (Wildman–Crippen MR) is 114 cm³/mol. The highest BCUT2D eigenvalue weighted by atomic mass is 15.3. The van der Waals surface area contributed by atoms with Crippen molar-refractivity contribution in [3.8, 4) is 0 Å². The number of hydrogen-bond acceptors (Lipinski definition) is 0. The van der Waals surface area contributed by atoms with E-state index >= 15 is 0 Å². The van der Waals surface area contributed by atoms with Crippen molar-refractivity contribution in [1.82, 2.24) is 0 Å². The summed E-state index contributed by atoms with van der Waals surface area (Å²) in [6, 6.07) is 33.2. The molecule has 0 radical (unpaired) electrons. The molecule has 1 aliphatic heterocycles. The Morgan fingerprint density at radius 1 is 0.654 bits per heavy atom. The van der Waals surface area contributed by atoms with E-state index in [1.807, 2.05) is 0 Å². The molecule has 0 saturated carbocycles. The molecule has 0 amide bonds. The summed E-state index contributed by atoms with van der Waals surface area (Å²) in [6.07, 6.45) is -1.12. The van der Waals surface area contributed by atoms with Gasteiger partial charge in [-0.25, -0.2) is 0 Å². The van der Waals surface area contributed by atoms with Gasteiger partial charge in [0.25, 0.3) is 6.28 Å². The van der Waals surface area contributed by atoms with Gasteiger partial charge in [0.05, 0.1) is 6.54 Å². The van der Waals surface area contributed by atoms with E-state index in [0.717, 1.165) is 10.9 Å². The fourth-order valence-electron chi connectivity index (χ4n) is 5.44. The summed E-state index contributed by atoms with van der Waals surface area (Å²) < 4.78 is 0.948. The highest BCUT2D eigenvalue weighted by Crippen LogP contribution is 2.40. The maximum Gasteiger partial charge on any atom is 0.291 e. The van der Waals surface area contributed by atoms with Crippen LogP contribution in [0.1, 0.15) is 12.5 Å². The monoisotopic (exact) mass is 339 g/mol. The third-order valence-corrected chi connectivity index (χ3v) is 6.22. The number of nitrogens with zero attached hydrogens (tertiary/aromatic N) is 1. The van der Waals surface area contributed by atoms with Crippen molar-refractivity contribution in [3.05, 3.63) is 102 Å². The zero-order valence-corrected chi connectivity index (χ0v) is 15.9. The van der Waals surface area contributed by atoms with Crippen molar-refractivity contribution in [1.29, 1.82) is 0 Å². The Balaban J connectivity index is 2.11.